The number of fused-ring (bicyclic) bond motifs is 1. The second-order valence-electron chi connectivity index (χ2n) is 5.37. The zero-order valence-corrected chi connectivity index (χ0v) is 12.6. The highest BCUT2D eigenvalue weighted by molar-refractivity contribution is 6.35. The molecule has 0 saturated carbocycles. The SMILES string of the molecule is O=C(Cn1ncc2cc([N+](=O)[O-])cc(Cl)c21)N1CCCCC1. The molecule has 8 heteroatoms. The Morgan fingerprint density at radius 3 is 2.73 bits per heavy atom. The molecule has 1 aliphatic heterocycles. The zero-order chi connectivity index (χ0) is 15.7. The molecule has 1 fully saturated rings. The molecule has 0 bridgehead atoms. The van der Waals surface area contributed by atoms with Crippen molar-refractivity contribution in [3.8, 4) is 0 Å². The number of non-ortho nitro benzene ring substituents is 1. The fourth-order valence-electron chi connectivity index (χ4n) is 2.76. The maximum Gasteiger partial charge on any atom is 0.271 e. The molecule has 116 valence electrons. The van der Waals surface area contributed by atoms with Crippen LogP contribution in [0.3, 0.4) is 0 Å². The molecule has 1 amide bonds. The van der Waals surface area contributed by atoms with Gasteiger partial charge >= 0.3 is 0 Å². The largest absolute Gasteiger partial charge is 0.341 e. The summed E-state index contributed by atoms with van der Waals surface area (Å²) in [4.78, 5) is 24.5. The van der Waals surface area contributed by atoms with E-state index in [4.69, 9.17) is 11.6 Å². The van der Waals surface area contributed by atoms with E-state index in [1.54, 1.807) is 0 Å². The van der Waals surface area contributed by atoms with Crippen LogP contribution in [0.5, 0.6) is 0 Å². The number of carbonyl (C=O) groups excluding carboxylic acids is 1. The highest BCUT2D eigenvalue weighted by Crippen LogP contribution is 2.29. The summed E-state index contributed by atoms with van der Waals surface area (Å²) in [5.74, 6) is -0.000815. The third kappa shape index (κ3) is 2.76. The first kappa shape index (κ1) is 14.8. The van der Waals surface area contributed by atoms with Crippen LogP contribution >= 0.6 is 11.6 Å². The molecule has 3 rings (SSSR count). The van der Waals surface area contributed by atoms with Crippen LogP contribution in [0.4, 0.5) is 5.69 Å². The van der Waals surface area contributed by atoms with E-state index in [9.17, 15) is 14.9 Å². The number of hydrogen-bond donors (Lipinski definition) is 0. The molecule has 0 aliphatic carbocycles. The van der Waals surface area contributed by atoms with E-state index in [1.165, 1.54) is 23.0 Å². The van der Waals surface area contributed by atoms with Gasteiger partial charge in [0.15, 0.2) is 0 Å². The molecule has 1 aromatic heterocycles. The van der Waals surface area contributed by atoms with E-state index in [2.05, 4.69) is 5.10 Å². The van der Waals surface area contributed by atoms with Crippen LogP contribution in [0.2, 0.25) is 5.02 Å². The third-order valence-corrected chi connectivity index (χ3v) is 4.16. The predicted octanol–water partition coefficient (Wildman–Crippen LogP) is 2.61. The molecule has 0 spiro atoms. The van der Waals surface area contributed by atoms with Crippen LogP contribution in [-0.4, -0.2) is 38.6 Å². The Labute approximate surface area is 131 Å². The zero-order valence-electron chi connectivity index (χ0n) is 11.9. The minimum atomic E-state index is -0.498. The number of aromatic nitrogens is 2. The van der Waals surface area contributed by atoms with Crippen molar-refractivity contribution in [2.75, 3.05) is 13.1 Å². The van der Waals surface area contributed by atoms with Gasteiger partial charge in [-0.2, -0.15) is 5.10 Å². The van der Waals surface area contributed by atoms with E-state index < -0.39 is 4.92 Å². The standard InChI is InChI=1S/C14H15ClN4O3/c15-12-7-11(19(21)22)6-10-8-16-18(14(10)12)9-13(20)17-4-2-1-3-5-17/h6-8H,1-5,9H2. The van der Waals surface area contributed by atoms with Gasteiger partial charge in [-0.15, -0.1) is 0 Å². The maximum atomic E-state index is 12.3. The summed E-state index contributed by atoms with van der Waals surface area (Å²) in [5.41, 5.74) is 0.469. The number of benzene rings is 1. The van der Waals surface area contributed by atoms with Crippen LogP contribution in [0, 0.1) is 10.1 Å². The van der Waals surface area contributed by atoms with Crippen molar-refractivity contribution in [1.29, 1.82) is 0 Å². The molecule has 1 aliphatic rings. The van der Waals surface area contributed by atoms with Crippen molar-refractivity contribution < 1.29 is 9.72 Å². The van der Waals surface area contributed by atoms with Gasteiger partial charge in [-0.25, -0.2) is 0 Å². The highest BCUT2D eigenvalue weighted by Gasteiger charge is 2.20. The van der Waals surface area contributed by atoms with Gasteiger partial charge in [-0.05, 0) is 19.3 Å². The fraction of sp³-hybridized carbons (Fsp3) is 0.429. The number of likely N-dealkylation sites (tertiary alicyclic amines) is 1. The van der Waals surface area contributed by atoms with Crippen molar-refractivity contribution in [1.82, 2.24) is 14.7 Å². The number of nitro benzene ring substituents is 1. The smallest absolute Gasteiger partial charge is 0.271 e. The van der Waals surface area contributed by atoms with E-state index >= 15 is 0 Å². The van der Waals surface area contributed by atoms with Crippen molar-refractivity contribution in [3.63, 3.8) is 0 Å². The Bertz CT molecular complexity index is 737. The number of nitro groups is 1. The van der Waals surface area contributed by atoms with E-state index in [1.807, 2.05) is 4.90 Å². The number of hydrogen-bond acceptors (Lipinski definition) is 4. The van der Waals surface area contributed by atoms with Gasteiger partial charge in [0, 0.05) is 30.6 Å². The van der Waals surface area contributed by atoms with Gasteiger partial charge < -0.3 is 4.90 Å². The van der Waals surface area contributed by atoms with Gasteiger partial charge in [0.2, 0.25) is 5.91 Å². The molecule has 1 aromatic carbocycles. The van der Waals surface area contributed by atoms with E-state index in [0.717, 1.165) is 32.4 Å². The van der Waals surface area contributed by atoms with Gasteiger partial charge in [0.25, 0.3) is 5.69 Å². The van der Waals surface area contributed by atoms with Crippen molar-refractivity contribution in [2.45, 2.75) is 25.8 Å². The van der Waals surface area contributed by atoms with Crippen LogP contribution < -0.4 is 0 Å². The van der Waals surface area contributed by atoms with Gasteiger partial charge in [-0.3, -0.25) is 19.6 Å². The van der Waals surface area contributed by atoms with E-state index in [0.29, 0.717) is 10.9 Å². The predicted molar refractivity (Wildman–Crippen MR) is 81.8 cm³/mol. The maximum absolute atomic E-state index is 12.3. The Morgan fingerprint density at radius 1 is 1.32 bits per heavy atom. The van der Waals surface area contributed by atoms with Crippen molar-refractivity contribution in [2.24, 2.45) is 0 Å². The lowest BCUT2D eigenvalue weighted by molar-refractivity contribution is -0.384. The third-order valence-electron chi connectivity index (χ3n) is 3.88. The molecule has 0 radical (unpaired) electrons. The Balaban J connectivity index is 1.88. The summed E-state index contributed by atoms with van der Waals surface area (Å²) in [6.45, 7) is 1.65. The Hall–Kier alpha value is -2.15. The van der Waals surface area contributed by atoms with Crippen LogP contribution in [0.25, 0.3) is 10.9 Å². The second-order valence-corrected chi connectivity index (χ2v) is 5.77. The first-order chi connectivity index (χ1) is 10.6. The molecule has 1 saturated heterocycles. The summed E-state index contributed by atoms with van der Waals surface area (Å²) in [6, 6.07) is 2.70. The van der Waals surface area contributed by atoms with Gasteiger partial charge in [-0.1, -0.05) is 11.6 Å². The minimum absolute atomic E-state index is 0.000815. The Morgan fingerprint density at radius 2 is 2.05 bits per heavy atom. The lowest BCUT2D eigenvalue weighted by Crippen LogP contribution is -2.37. The number of halogens is 1. The summed E-state index contributed by atoms with van der Waals surface area (Å²) in [5, 5.41) is 15.8. The summed E-state index contributed by atoms with van der Waals surface area (Å²) in [6.07, 6.45) is 4.71. The minimum Gasteiger partial charge on any atom is -0.341 e. The highest BCUT2D eigenvalue weighted by atomic mass is 35.5. The molecule has 7 nitrogen and oxygen atoms in total. The topological polar surface area (TPSA) is 81.3 Å². The number of carbonyl (C=O) groups is 1. The number of rotatable bonds is 3. The normalized spacial score (nSPS) is 15.2. The van der Waals surface area contributed by atoms with Gasteiger partial charge in [0.1, 0.15) is 6.54 Å². The van der Waals surface area contributed by atoms with Crippen molar-refractivity contribution >= 4 is 34.1 Å². The average molecular weight is 323 g/mol. The average Bonchev–Trinajstić information content (AvgIpc) is 2.91. The summed E-state index contributed by atoms with van der Waals surface area (Å²) >= 11 is 6.13. The lowest BCUT2D eigenvalue weighted by Gasteiger charge is -2.26. The van der Waals surface area contributed by atoms with Crippen LogP contribution in [0.15, 0.2) is 18.3 Å². The Kier molecular flexibility index (Phi) is 3.98. The lowest BCUT2D eigenvalue weighted by atomic mass is 10.1. The molecule has 0 N–H and O–H groups in total. The van der Waals surface area contributed by atoms with Crippen LogP contribution in [0.1, 0.15) is 19.3 Å². The monoisotopic (exact) mass is 322 g/mol. The van der Waals surface area contributed by atoms with Crippen molar-refractivity contribution in [3.05, 3.63) is 33.5 Å². The molecular weight excluding hydrogens is 308 g/mol. The molecular formula is C14H15ClN4O3. The molecule has 22 heavy (non-hydrogen) atoms. The summed E-state index contributed by atoms with van der Waals surface area (Å²) < 4.78 is 1.51. The second kappa shape index (κ2) is 5.92. The summed E-state index contributed by atoms with van der Waals surface area (Å²) in [7, 11) is 0. The van der Waals surface area contributed by atoms with Crippen LogP contribution in [-0.2, 0) is 11.3 Å². The number of piperidine rings is 1. The number of amides is 1. The first-order valence-electron chi connectivity index (χ1n) is 7.13. The van der Waals surface area contributed by atoms with E-state index in [-0.39, 0.29) is 23.2 Å². The number of nitrogens with zero attached hydrogens (tertiary/aromatic N) is 4. The molecule has 2 heterocycles. The fourth-order valence-corrected chi connectivity index (χ4v) is 3.08. The van der Waals surface area contributed by atoms with Gasteiger partial charge in [0.05, 0.1) is 21.7 Å². The first-order valence-corrected chi connectivity index (χ1v) is 7.51. The molecule has 2 aromatic rings. The quantitative estimate of drug-likeness (QED) is 0.642. The molecule has 0 unspecified atom stereocenters. The molecule has 0 atom stereocenters.